The number of aryl methyl sites for hydroxylation is 2. The van der Waals surface area contributed by atoms with E-state index >= 15 is 0 Å². The van der Waals surface area contributed by atoms with Crippen molar-refractivity contribution >= 4 is 23.2 Å². The Hall–Kier alpha value is -2.11. The number of carbonyl (C=O) groups is 1. The number of rotatable bonds is 4. The maximum Gasteiger partial charge on any atom is 0.257 e. The Balaban J connectivity index is 1.69. The molecule has 1 amide bonds. The van der Waals surface area contributed by atoms with Gasteiger partial charge in [0.2, 0.25) is 5.88 Å². The van der Waals surface area contributed by atoms with Gasteiger partial charge in [0.15, 0.2) is 0 Å². The van der Waals surface area contributed by atoms with Crippen LogP contribution in [0.2, 0.25) is 5.02 Å². The highest BCUT2D eigenvalue weighted by atomic mass is 35.5. The fourth-order valence-corrected chi connectivity index (χ4v) is 3.05. The molecule has 0 radical (unpaired) electrons. The fraction of sp³-hybridized carbons (Fsp3) is 0.368. The predicted molar refractivity (Wildman–Crippen MR) is 97.6 cm³/mol. The molecule has 0 unspecified atom stereocenters. The molecule has 5 nitrogen and oxygen atoms in total. The van der Waals surface area contributed by atoms with Crippen LogP contribution in [0.25, 0.3) is 0 Å². The van der Waals surface area contributed by atoms with E-state index in [1.807, 2.05) is 26.0 Å². The minimum atomic E-state index is -0.253. The number of halogens is 1. The van der Waals surface area contributed by atoms with Crippen LogP contribution in [-0.4, -0.2) is 30.2 Å². The van der Waals surface area contributed by atoms with Crippen LogP contribution >= 0.6 is 11.6 Å². The van der Waals surface area contributed by atoms with Gasteiger partial charge in [-0.2, -0.15) is 0 Å². The average Bonchev–Trinajstić information content (AvgIpc) is 2.56. The van der Waals surface area contributed by atoms with Crippen molar-refractivity contribution in [3.8, 4) is 5.88 Å². The van der Waals surface area contributed by atoms with Crippen LogP contribution in [0, 0.1) is 13.8 Å². The van der Waals surface area contributed by atoms with Crippen LogP contribution < -0.4 is 10.1 Å². The first-order valence-corrected chi connectivity index (χ1v) is 8.68. The summed E-state index contributed by atoms with van der Waals surface area (Å²) in [5.41, 5.74) is 3.32. The van der Waals surface area contributed by atoms with E-state index in [1.165, 1.54) is 6.20 Å². The molecule has 0 spiro atoms. The summed E-state index contributed by atoms with van der Waals surface area (Å²) in [6.07, 6.45) is 3.16. The molecule has 0 aliphatic carbocycles. The van der Waals surface area contributed by atoms with Crippen LogP contribution in [-0.2, 0) is 4.74 Å². The van der Waals surface area contributed by atoms with Gasteiger partial charge in [-0.25, -0.2) is 4.98 Å². The number of hydrogen-bond acceptors (Lipinski definition) is 4. The SMILES string of the molecule is Cc1cc(C)cc(NC(=O)c2cnc(OC3CCOCC3)c(Cl)c2)c1. The third kappa shape index (κ3) is 4.71. The summed E-state index contributed by atoms with van der Waals surface area (Å²) in [5.74, 6) is 0.105. The number of ether oxygens (including phenoxy) is 2. The summed E-state index contributed by atoms with van der Waals surface area (Å²) in [6, 6.07) is 7.48. The quantitative estimate of drug-likeness (QED) is 0.889. The summed E-state index contributed by atoms with van der Waals surface area (Å²) in [6.45, 7) is 5.34. The largest absolute Gasteiger partial charge is 0.473 e. The molecule has 3 rings (SSSR count). The Bertz CT molecular complexity index is 753. The highest BCUT2D eigenvalue weighted by Gasteiger charge is 2.18. The van der Waals surface area contributed by atoms with E-state index < -0.39 is 0 Å². The van der Waals surface area contributed by atoms with Gasteiger partial charge in [-0.15, -0.1) is 0 Å². The van der Waals surface area contributed by atoms with Gasteiger partial charge in [0.25, 0.3) is 5.91 Å². The zero-order valence-electron chi connectivity index (χ0n) is 14.3. The molecule has 25 heavy (non-hydrogen) atoms. The van der Waals surface area contributed by atoms with E-state index in [1.54, 1.807) is 6.07 Å². The first-order chi connectivity index (χ1) is 12.0. The number of anilines is 1. The van der Waals surface area contributed by atoms with Gasteiger partial charge in [-0.05, 0) is 43.2 Å². The molecule has 6 heteroatoms. The van der Waals surface area contributed by atoms with Crippen molar-refractivity contribution in [2.75, 3.05) is 18.5 Å². The molecule has 1 saturated heterocycles. The summed E-state index contributed by atoms with van der Waals surface area (Å²) < 4.78 is 11.1. The average molecular weight is 361 g/mol. The van der Waals surface area contributed by atoms with Crippen LogP contribution in [0.15, 0.2) is 30.5 Å². The molecule has 0 atom stereocenters. The Morgan fingerprint density at radius 3 is 2.52 bits per heavy atom. The molecular weight excluding hydrogens is 340 g/mol. The Morgan fingerprint density at radius 2 is 1.88 bits per heavy atom. The number of aromatic nitrogens is 1. The molecule has 1 aromatic carbocycles. The van der Waals surface area contributed by atoms with Gasteiger partial charge < -0.3 is 14.8 Å². The van der Waals surface area contributed by atoms with Crippen molar-refractivity contribution < 1.29 is 14.3 Å². The van der Waals surface area contributed by atoms with Gasteiger partial charge in [0, 0.05) is 24.7 Å². The molecule has 1 aliphatic rings. The highest BCUT2D eigenvalue weighted by molar-refractivity contribution is 6.32. The van der Waals surface area contributed by atoms with Gasteiger partial charge in [0.1, 0.15) is 11.1 Å². The van der Waals surface area contributed by atoms with E-state index in [0.29, 0.717) is 29.7 Å². The third-order valence-electron chi connectivity index (χ3n) is 4.00. The first kappa shape index (κ1) is 17.7. The number of carbonyl (C=O) groups excluding carboxylic acids is 1. The van der Waals surface area contributed by atoms with Crippen LogP contribution in [0.4, 0.5) is 5.69 Å². The summed E-state index contributed by atoms with van der Waals surface area (Å²) in [5, 5.41) is 3.21. The van der Waals surface area contributed by atoms with Crippen molar-refractivity contribution in [3.05, 3.63) is 52.2 Å². The number of amides is 1. The van der Waals surface area contributed by atoms with Crippen LogP contribution in [0.3, 0.4) is 0 Å². The lowest BCUT2D eigenvalue weighted by Crippen LogP contribution is -2.26. The molecule has 0 bridgehead atoms. The molecule has 1 aliphatic heterocycles. The van der Waals surface area contributed by atoms with Crippen molar-refractivity contribution in [3.63, 3.8) is 0 Å². The van der Waals surface area contributed by atoms with Gasteiger partial charge in [-0.3, -0.25) is 4.79 Å². The lowest BCUT2D eigenvalue weighted by Gasteiger charge is -2.23. The normalized spacial score (nSPS) is 15.0. The molecule has 1 aromatic heterocycles. The summed E-state index contributed by atoms with van der Waals surface area (Å²) in [7, 11) is 0. The smallest absolute Gasteiger partial charge is 0.257 e. The standard InChI is InChI=1S/C19H21ClN2O3/c1-12-7-13(2)9-15(8-12)22-18(23)14-10-17(20)19(21-11-14)25-16-3-5-24-6-4-16/h7-11,16H,3-6H2,1-2H3,(H,22,23). The maximum absolute atomic E-state index is 12.4. The Kier molecular flexibility index (Phi) is 5.56. The minimum absolute atomic E-state index is 0.0497. The second-order valence-corrected chi connectivity index (χ2v) is 6.68. The fourth-order valence-electron chi connectivity index (χ4n) is 2.84. The van der Waals surface area contributed by atoms with Gasteiger partial charge in [-0.1, -0.05) is 17.7 Å². The number of benzene rings is 1. The predicted octanol–water partition coefficient (Wildman–Crippen LogP) is 4.16. The van der Waals surface area contributed by atoms with Crippen molar-refractivity contribution in [1.82, 2.24) is 4.98 Å². The van der Waals surface area contributed by atoms with Crippen LogP contribution in [0.5, 0.6) is 5.88 Å². The second kappa shape index (κ2) is 7.85. The molecule has 132 valence electrons. The van der Waals surface area contributed by atoms with E-state index in [-0.39, 0.29) is 12.0 Å². The Morgan fingerprint density at radius 1 is 1.20 bits per heavy atom. The van der Waals surface area contributed by atoms with Crippen molar-refractivity contribution in [2.24, 2.45) is 0 Å². The molecule has 2 aromatic rings. The monoisotopic (exact) mass is 360 g/mol. The van der Waals surface area contributed by atoms with Gasteiger partial charge >= 0.3 is 0 Å². The zero-order valence-corrected chi connectivity index (χ0v) is 15.1. The Labute approximate surface area is 152 Å². The number of nitrogens with one attached hydrogen (secondary N) is 1. The van der Waals surface area contributed by atoms with Gasteiger partial charge in [0.05, 0.1) is 18.8 Å². The van der Waals surface area contributed by atoms with E-state index in [2.05, 4.69) is 16.4 Å². The molecule has 0 saturated carbocycles. The van der Waals surface area contributed by atoms with E-state index in [9.17, 15) is 4.79 Å². The third-order valence-corrected chi connectivity index (χ3v) is 4.27. The molecule has 1 fully saturated rings. The summed E-state index contributed by atoms with van der Waals surface area (Å²) >= 11 is 6.25. The lowest BCUT2D eigenvalue weighted by atomic mass is 10.1. The van der Waals surface area contributed by atoms with Crippen LogP contribution in [0.1, 0.15) is 34.3 Å². The molecular formula is C19H21ClN2O3. The topological polar surface area (TPSA) is 60.5 Å². The maximum atomic E-state index is 12.4. The van der Waals surface area contributed by atoms with E-state index in [4.69, 9.17) is 21.1 Å². The highest BCUT2D eigenvalue weighted by Crippen LogP contribution is 2.26. The van der Waals surface area contributed by atoms with Crippen molar-refractivity contribution in [2.45, 2.75) is 32.8 Å². The second-order valence-electron chi connectivity index (χ2n) is 6.27. The number of hydrogen-bond donors (Lipinski definition) is 1. The van der Waals surface area contributed by atoms with E-state index in [0.717, 1.165) is 29.7 Å². The first-order valence-electron chi connectivity index (χ1n) is 8.31. The number of pyridine rings is 1. The molecule has 2 heterocycles. The lowest BCUT2D eigenvalue weighted by molar-refractivity contribution is 0.0238. The number of nitrogens with zero attached hydrogens (tertiary/aromatic N) is 1. The molecule has 1 N–H and O–H groups in total. The van der Waals surface area contributed by atoms with Crippen molar-refractivity contribution in [1.29, 1.82) is 0 Å². The summed E-state index contributed by atoms with van der Waals surface area (Å²) in [4.78, 5) is 16.6. The zero-order chi connectivity index (χ0) is 17.8. The minimum Gasteiger partial charge on any atom is -0.473 e.